The zero-order chi connectivity index (χ0) is 10.2. The second-order valence-corrected chi connectivity index (χ2v) is 3.92. The van der Waals surface area contributed by atoms with E-state index in [1.54, 1.807) is 0 Å². The molecule has 0 fully saturated rings. The Morgan fingerprint density at radius 3 is 2.79 bits per heavy atom. The Morgan fingerprint density at radius 2 is 2.07 bits per heavy atom. The second kappa shape index (κ2) is 6.77. The first-order valence-electron chi connectivity index (χ1n) is 5.24. The van der Waals surface area contributed by atoms with E-state index in [-0.39, 0.29) is 0 Å². The van der Waals surface area contributed by atoms with Crippen molar-refractivity contribution in [3.8, 4) is 5.75 Å². The van der Waals surface area contributed by atoms with Gasteiger partial charge < -0.3 is 4.74 Å². The molecule has 14 heavy (non-hydrogen) atoms. The summed E-state index contributed by atoms with van der Waals surface area (Å²) in [4.78, 5) is 0.955. The van der Waals surface area contributed by atoms with Crippen LogP contribution in [0.15, 0.2) is 29.2 Å². The van der Waals surface area contributed by atoms with Crippen molar-refractivity contribution in [1.82, 2.24) is 0 Å². The highest BCUT2D eigenvalue weighted by atomic mass is 32.1. The molecular weight excluding hydrogens is 192 g/mol. The third kappa shape index (κ3) is 4.56. The normalized spacial score (nSPS) is 10.1. The second-order valence-electron chi connectivity index (χ2n) is 3.41. The molecule has 0 radical (unpaired) electrons. The Balaban J connectivity index is 2.18. The molecule has 0 heterocycles. The molecule has 0 amide bonds. The van der Waals surface area contributed by atoms with E-state index in [0.717, 1.165) is 23.7 Å². The van der Waals surface area contributed by atoms with Gasteiger partial charge in [0.2, 0.25) is 0 Å². The molecule has 0 saturated carbocycles. The molecule has 1 aromatic rings. The van der Waals surface area contributed by atoms with Crippen molar-refractivity contribution in [2.75, 3.05) is 6.61 Å². The van der Waals surface area contributed by atoms with Gasteiger partial charge in [-0.25, -0.2) is 0 Å². The number of hydrogen-bond acceptors (Lipinski definition) is 2. The molecule has 0 N–H and O–H groups in total. The average Bonchev–Trinajstić information content (AvgIpc) is 2.18. The predicted molar refractivity (Wildman–Crippen MR) is 63.3 cm³/mol. The van der Waals surface area contributed by atoms with Gasteiger partial charge in [-0.1, -0.05) is 32.3 Å². The van der Waals surface area contributed by atoms with Crippen molar-refractivity contribution in [3.63, 3.8) is 0 Å². The molecule has 0 unspecified atom stereocenters. The number of benzene rings is 1. The summed E-state index contributed by atoms with van der Waals surface area (Å²) >= 11 is 4.25. The van der Waals surface area contributed by atoms with Gasteiger partial charge in [-0.05, 0) is 24.6 Å². The molecule has 1 aromatic carbocycles. The molecule has 0 saturated heterocycles. The smallest absolute Gasteiger partial charge is 0.120 e. The van der Waals surface area contributed by atoms with Crippen molar-refractivity contribution in [2.45, 2.75) is 37.5 Å². The first-order chi connectivity index (χ1) is 6.83. The van der Waals surface area contributed by atoms with Crippen molar-refractivity contribution in [3.05, 3.63) is 24.3 Å². The van der Waals surface area contributed by atoms with Crippen LogP contribution in [0.2, 0.25) is 0 Å². The number of thiol groups is 1. The van der Waals surface area contributed by atoms with Gasteiger partial charge in [0.1, 0.15) is 5.75 Å². The van der Waals surface area contributed by atoms with Gasteiger partial charge in [-0.2, -0.15) is 0 Å². The van der Waals surface area contributed by atoms with Crippen LogP contribution in [0.5, 0.6) is 5.75 Å². The standard InChI is InChI=1S/C12H18OS/c1-2-3-4-5-9-13-11-7-6-8-12(14)10-11/h6-8,10,14H,2-5,9H2,1H3. The maximum Gasteiger partial charge on any atom is 0.120 e. The summed E-state index contributed by atoms with van der Waals surface area (Å²) in [7, 11) is 0. The van der Waals surface area contributed by atoms with Crippen molar-refractivity contribution < 1.29 is 4.74 Å². The summed E-state index contributed by atoms with van der Waals surface area (Å²) < 4.78 is 5.58. The van der Waals surface area contributed by atoms with Gasteiger partial charge in [-0.15, -0.1) is 12.6 Å². The summed E-state index contributed by atoms with van der Waals surface area (Å²) in [6.45, 7) is 3.03. The zero-order valence-corrected chi connectivity index (χ0v) is 9.59. The Morgan fingerprint density at radius 1 is 1.21 bits per heavy atom. The van der Waals surface area contributed by atoms with Crippen LogP contribution in [0.3, 0.4) is 0 Å². The van der Waals surface area contributed by atoms with Crippen molar-refractivity contribution in [2.24, 2.45) is 0 Å². The van der Waals surface area contributed by atoms with Crippen molar-refractivity contribution in [1.29, 1.82) is 0 Å². The van der Waals surface area contributed by atoms with Gasteiger partial charge in [0.25, 0.3) is 0 Å². The summed E-state index contributed by atoms with van der Waals surface area (Å²) in [5, 5.41) is 0. The monoisotopic (exact) mass is 210 g/mol. The lowest BCUT2D eigenvalue weighted by Gasteiger charge is -2.05. The summed E-state index contributed by atoms with van der Waals surface area (Å²) in [6.07, 6.45) is 4.98. The largest absolute Gasteiger partial charge is 0.494 e. The van der Waals surface area contributed by atoms with Gasteiger partial charge in [0, 0.05) is 4.90 Å². The fraction of sp³-hybridized carbons (Fsp3) is 0.500. The van der Waals surface area contributed by atoms with E-state index in [2.05, 4.69) is 19.6 Å². The lowest BCUT2D eigenvalue weighted by molar-refractivity contribution is 0.304. The SMILES string of the molecule is CCCCCCOc1cccc(S)c1. The van der Waals surface area contributed by atoms with E-state index in [1.165, 1.54) is 19.3 Å². The fourth-order valence-corrected chi connectivity index (χ4v) is 1.51. The first kappa shape index (κ1) is 11.4. The number of rotatable bonds is 6. The summed E-state index contributed by atoms with van der Waals surface area (Å²) in [5.41, 5.74) is 0. The summed E-state index contributed by atoms with van der Waals surface area (Å²) in [5.74, 6) is 0.925. The Labute approximate surface area is 91.9 Å². The van der Waals surface area contributed by atoms with Crippen LogP contribution in [0, 0.1) is 0 Å². The minimum atomic E-state index is 0.817. The average molecular weight is 210 g/mol. The van der Waals surface area contributed by atoms with Crippen molar-refractivity contribution >= 4 is 12.6 Å². The molecule has 1 nitrogen and oxygen atoms in total. The Bertz CT molecular complexity index is 260. The first-order valence-corrected chi connectivity index (χ1v) is 5.69. The molecular formula is C12H18OS. The molecule has 0 bridgehead atoms. The minimum absolute atomic E-state index is 0.817. The molecule has 0 atom stereocenters. The molecule has 0 aliphatic heterocycles. The maximum atomic E-state index is 5.58. The fourth-order valence-electron chi connectivity index (χ4n) is 1.29. The summed E-state index contributed by atoms with van der Waals surface area (Å²) in [6, 6.07) is 7.83. The van der Waals surface area contributed by atoms with Crippen LogP contribution in [0.25, 0.3) is 0 Å². The lowest BCUT2D eigenvalue weighted by atomic mass is 10.2. The van der Waals surface area contributed by atoms with Crippen LogP contribution in [-0.4, -0.2) is 6.61 Å². The molecule has 1 rings (SSSR count). The van der Waals surface area contributed by atoms with Crippen LogP contribution in [0.4, 0.5) is 0 Å². The van der Waals surface area contributed by atoms with Gasteiger partial charge in [-0.3, -0.25) is 0 Å². The molecule has 0 spiro atoms. The van der Waals surface area contributed by atoms with Gasteiger partial charge in [0.05, 0.1) is 6.61 Å². The third-order valence-corrected chi connectivity index (χ3v) is 2.36. The lowest BCUT2D eigenvalue weighted by Crippen LogP contribution is -1.96. The van der Waals surface area contributed by atoms with E-state index in [4.69, 9.17) is 4.74 Å². The minimum Gasteiger partial charge on any atom is -0.494 e. The highest BCUT2D eigenvalue weighted by Crippen LogP contribution is 2.16. The van der Waals surface area contributed by atoms with E-state index >= 15 is 0 Å². The van der Waals surface area contributed by atoms with Gasteiger partial charge >= 0.3 is 0 Å². The highest BCUT2D eigenvalue weighted by molar-refractivity contribution is 7.80. The topological polar surface area (TPSA) is 9.23 Å². The van der Waals surface area contributed by atoms with Crippen LogP contribution in [0.1, 0.15) is 32.6 Å². The number of ether oxygens (including phenoxy) is 1. The van der Waals surface area contributed by atoms with Crippen LogP contribution >= 0.6 is 12.6 Å². The Kier molecular flexibility index (Phi) is 5.53. The molecule has 2 heteroatoms. The number of unbranched alkanes of at least 4 members (excludes halogenated alkanes) is 3. The van der Waals surface area contributed by atoms with E-state index < -0.39 is 0 Å². The predicted octanol–water partition coefficient (Wildman–Crippen LogP) is 3.93. The van der Waals surface area contributed by atoms with Crippen LogP contribution < -0.4 is 4.74 Å². The van der Waals surface area contributed by atoms with E-state index in [9.17, 15) is 0 Å². The van der Waals surface area contributed by atoms with E-state index in [1.807, 2.05) is 24.3 Å². The quantitative estimate of drug-likeness (QED) is 0.553. The van der Waals surface area contributed by atoms with Gasteiger partial charge in [0.15, 0.2) is 0 Å². The maximum absolute atomic E-state index is 5.58. The third-order valence-electron chi connectivity index (χ3n) is 2.08. The molecule has 0 aliphatic rings. The van der Waals surface area contributed by atoms with E-state index in [0.29, 0.717) is 0 Å². The highest BCUT2D eigenvalue weighted by Gasteiger charge is 1.93. The molecule has 78 valence electrons. The zero-order valence-electron chi connectivity index (χ0n) is 8.70. The molecule has 0 aromatic heterocycles. The van der Waals surface area contributed by atoms with Crippen LogP contribution in [-0.2, 0) is 0 Å². The Hall–Kier alpha value is -0.630. The number of hydrogen-bond donors (Lipinski definition) is 1. The molecule has 0 aliphatic carbocycles.